The Kier molecular flexibility index (Phi) is 5.39. The molecule has 1 atom stereocenters. The Morgan fingerprint density at radius 2 is 2.10 bits per heavy atom. The van der Waals surface area contributed by atoms with E-state index in [0.717, 1.165) is 14.7 Å². The molecule has 0 amide bonds. The van der Waals surface area contributed by atoms with Gasteiger partial charge < -0.3 is 10.4 Å². The van der Waals surface area contributed by atoms with Crippen LogP contribution in [0.25, 0.3) is 0 Å². The number of nitrogens with zero attached hydrogens (tertiary/aromatic N) is 2. The quantitative estimate of drug-likeness (QED) is 0.847. The molecule has 0 fully saturated rings. The molecule has 2 aromatic rings. The molecule has 0 radical (unpaired) electrons. The Balaban J connectivity index is 2.21. The first-order valence-corrected chi connectivity index (χ1v) is 7.58. The molecule has 21 heavy (non-hydrogen) atoms. The number of halogens is 2. The SMILES string of the molecule is CC(Nc1cnn(CCO)c(=O)c1Cl)c1ccc(Br)cc1. The summed E-state index contributed by atoms with van der Waals surface area (Å²) >= 11 is 9.46. The summed E-state index contributed by atoms with van der Waals surface area (Å²) in [6.45, 7) is 1.94. The van der Waals surface area contributed by atoms with E-state index >= 15 is 0 Å². The van der Waals surface area contributed by atoms with Gasteiger partial charge in [-0.1, -0.05) is 39.7 Å². The van der Waals surface area contributed by atoms with E-state index in [9.17, 15) is 4.79 Å². The highest BCUT2D eigenvalue weighted by Gasteiger charge is 2.12. The molecule has 112 valence electrons. The third-order valence-electron chi connectivity index (χ3n) is 3.04. The molecule has 0 saturated carbocycles. The Morgan fingerprint density at radius 1 is 1.43 bits per heavy atom. The zero-order valence-corrected chi connectivity index (χ0v) is 13.7. The molecular formula is C14H15BrClN3O2. The second kappa shape index (κ2) is 7.06. The second-order valence-electron chi connectivity index (χ2n) is 4.54. The number of aromatic nitrogens is 2. The molecule has 0 aliphatic carbocycles. The summed E-state index contributed by atoms with van der Waals surface area (Å²) < 4.78 is 2.14. The molecule has 0 bridgehead atoms. The lowest BCUT2D eigenvalue weighted by Gasteiger charge is -2.17. The summed E-state index contributed by atoms with van der Waals surface area (Å²) in [6.07, 6.45) is 1.49. The molecule has 2 N–H and O–H groups in total. The summed E-state index contributed by atoms with van der Waals surface area (Å²) in [5, 5.41) is 16.1. The highest BCUT2D eigenvalue weighted by molar-refractivity contribution is 9.10. The van der Waals surface area contributed by atoms with Crippen LogP contribution in [0.2, 0.25) is 5.02 Å². The van der Waals surface area contributed by atoms with Gasteiger partial charge in [-0.2, -0.15) is 5.10 Å². The highest BCUT2D eigenvalue weighted by atomic mass is 79.9. The van der Waals surface area contributed by atoms with Crippen molar-refractivity contribution in [2.45, 2.75) is 19.5 Å². The molecule has 0 saturated heterocycles. The molecule has 2 rings (SSSR count). The minimum atomic E-state index is -0.418. The molecule has 1 aromatic carbocycles. The van der Waals surface area contributed by atoms with Gasteiger partial charge in [0.05, 0.1) is 25.0 Å². The van der Waals surface area contributed by atoms with Crippen LogP contribution in [0.3, 0.4) is 0 Å². The Bertz CT molecular complexity index is 673. The largest absolute Gasteiger partial charge is 0.394 e. The van der Waals surface area contributed by atoms with Crippen molar-refractivity contribution in [1.82, 2.24) is 9.78 Å². The Hall–Kier alpha value is -1.37. The number of aliphatic hydroxyl groups excluding tert-OH is 1. The van der Waals surface area contributed by atoms with Gasteiger partial charge in [-0.15, -0.1) is 0 Å². The monoisotopic (exact) mass is 371 g/mol. The molecule has 0 aliphatic heterocycles. The van der Waals surface area contributed by atoms with Crippen molar-refractivity contribution in [3.8, 4) is 0 Å². The van der Waals surface area contributed by atoms with Crippen molar-refractivity contribution < 1.29 is 5.11 Å². The van der Waals surface area contributed by atoms with E-state index in [1.54, 1.807) is 0 Å². The van der Waals surface area contributed by atoms with Crippen LogP contribution in [0, 0.1) is 0 Å². The van der Waals surface area contributed by atoms with Crippen LogP contribution in [-0.2, 0) is 6.54 Å². The van der Waals surface area contributed by atoms with Gasteiger partial charge in [0.25, 0.3) is 5.56 Å². The van der Waals surface area contributed by atoms with Crippen LogP contribution >= 0.6 is 27.5 Å². The van der Waals surface area contributed by atoms with E-state index in [-0.39, 0.29) is 24.2 Å². The third kappa shape index (κ3) is 3.84. The van der Waals surface area contributed by atoms with E-state index in [4.69, 9.17) is 16.7 Å². The minimum absolute atomic E-state index is 0.0227. The zero-order valence-electron chi connectivity index (χ0n) is 11.4. The number of aliphatic hydroxyl groups is 1. The number of rotatable bonds is 5. The lowest BCUT2D eigenvalue weighted by molar-refractivity contribution is 0.266. The van der Waals surface area contributed by atoms with Crippen LogP contribution in [0.1, 0.15) is 18.5 Å². The summed E-state index contributed by atoms with van der Waals surface area (Å²) in [5.74, 6) is 0. The molecule has 5 nitrogen and oxygen atoms in total. The predicted octanol–water partition coefficient (Wildman–Crippen LogP) is 2.82. The maximum atomic E-state index is 12.0. The molecule has 0 aliphatic rings. The van der Waals surface area contributed by atoms with E-state index in [0.29, 0.717) is 5.69 Å². The van der Waals surface area contributed by atoms with Gasteiger partial charge >= 0.3 is 0 Å². The average molecular weight is 373 g/mol. The standard InChI is InChI=1S/C14H15BrClN3O2/c1-9(10-2-4-11(15)5-3-10)18-12-8-17-19(6-7-20)14(21)13(12)16/h2-5,8-9,18,20H,6-7H2,1H3. The van der Waals surface area contributed by atoms with E-state index < -0.39 is 5.56 Å². The Morgan fingerprint density at radius 3 is 2.71 bits per heavy atom. The first-order chi connectivity index (χ1) is 10.0. The number of hydrogen-bond acceptors (Lipinski definition) is 4. The van der Waals surface area contributed by atoms with Crippen LogP contribution < -0.4 is 10.9 Å². The number of benzene rings is 1. The van der Waals surface area contributed by atoms with Crippen LogP contribution in [0.5, 0.6) is 0 Å². The van der Waals surface area contributed by atoms with Crippen molar-refractivity contribution in [1.29, 1.82) is 0 Å². The van der Waals surface area contributed by atoms with Gasteiger partial charge in [0.1, 0.15) is 5.02 Å². The Labute approximate surface area is 135 Å². The number of anilines is 1. The van der Waals surface area contributed by atoms with Gasteiger partial charge in [-0.25, -0.2) is 4.68 Å². The smallest absolute Gasteiger partial charge is 0.287 e. The third-order valence-corrected chi connectivity index (χ3v) is 3.93. The normalized spacial score (nSPS) is 12.2. The van der Waals surface area contributed by atoms with Crippen molar-refractivity contribution in [2.24, 2.45) is 0 Å². The molecule has 1 unspecified atom stereocenters. The topological polar surface area (TPSA) is 67.2 Å². The fourth-order valence-electron chi connectivity index (χ4n) is 1.89. The second-order valence-corrected chi connectivity index (χ2v) is 5.84. The highest BCUT2D eigenvalue weighted by Crippen LogP contribution is 2.23. The fraction of sp³-hybridized carbons (Fsp3) is 0.286. The fourth-order valence-corrected chi connectivity index (χ4v) is 2.35. The predicted molar refractivity (Wildman–Crippen MR) is 86.8 cm³/mol. The van der Waals surface area contributed by atoms with E-state index in [1.807, 2.05) is 31.2 Å². The van der Waals surface area contributed by atoms with Gasteiger partial charge in [-0.3, -0.25) is 4.79 Å². The van der Waals surface area contributed by atoms with Gasteiger partial charge in [0.15, 0.2) is 0 Å². The molecule has 1 aromatic heterocycles. The maximum Gasteiger partial charge on any atom is 0.287 e. The molecule has 1 heterocycles. The van der Waals surface area contributed by atoms with Gasteiger partial charge in [-0.05, 0) is 24.6 Å². The number of nitrogens with one attached hydrogen (secondary N) is 1. The minimum Gasteiger partial charge on any atom is -0.394 e. The van der Waals surface area contributed by atoms with E-state index in [1.165, 1.54) is 6.20 Å². The lowest BCUT2D eigenvalue weighted by Crippen LogP contribution is -2.26. The van der Waals surface area contributed by atoms with Gasteiger partial charge in [0.2, 0.25) is 0 Å². The summed E-state index contributed by atoms with van der Waals surface area (Å²) in [6, 6.07) is 7.84. The van der Waals surface area contributed by atoms with Crippen molar-refractivity contribution >= 4 is 33.2 Å². The number of hydrogen-bond donors (Lipinski definition) is 2. The van der Waals surface area contributed by atoms with Crippen LogP contribution in [0.4, 0.5) is 5.69 Å². The van der Waals surface area contributed by atoms with Crippen LogP contribution in [0.15, 0.2) is 39.7 Å². The zero-order chi connectivity index (χ0) is 15.4. The van der Waals surface area contributed by atoms with E-state index in [2.05, 4.69) is 26.3 Å². The van der Waals surface area contributed by atoms with Crippen molar-refractivity contribution in [3.05, 3.63) is 55.9 Å². The van der Waals surface area contributed by atoms with Crippen molar-refractivity contribution in [2.75, 3.05) is 11.9 Å². The van der Waals surface area contributed by atoms with Crippen molar-refractivity contribution in [3.63, 3.8) is 0 Å². The summed E-state index contributed by atoms with van der Waals surface area (Å²) in [5.41, 5.74) is 1.12. The van der Waals surface area contributed by atoms with Crippen LogP contribution in [-0.4, -0.2) is 21.5 Å². The average Bonchev–Trinajstić information content (AvgIpc) is 2.47. The molecular weight excluding hydrogens is 358 g/mol. The first kappa shape index (κ1) is 16.0. The van der Waals surface area contributed by atoms with Gasteiger partial charge in [0, 0.05) is 10.5 Å². The molecule has 0 spiro atoms. The lowest BCUT2D eigenvalue weighted by atomic mass is 10.1. The summed E-state index contributed by atoms with van der Waals surface area (Å²) in [7, 11) is 0. The molecule has 7 heteroatoms. The summed E-state index contributed by atoms with van der Waals surface area (Å²) in [4.78, 5) is 12.0. The maximum absolute atomic E-state index is 12.0. The first-order valence-electron chi connectivity index (χ1n) is 6.41.